The number of imidazole rings is 1. The number of nitrogens with zero attached hydrogens (tertiary/aromatic N) is 3. The first-order valence-corrected chi connectivity index (χ1v) is 15.9. The standard InChI is InChI=1S/C33H28Cl2N4O3S/c1-21(2)23-7-9-25(10-8-23)24-5-3-22(4-6-24)17-32-36-31(29-16-11-26(34)18-30(29)35)19-38(32)27-12-14-28(15-13-27)39-20-33(40)37-43(39,41)42/h3-16,18-19,21H,17,20H2,1-2H3,(H,37,40). The molecule has 6 rings (SSSR count). The third kappa shape index (κ3) is 6.04. The Kier molecular flexibility index (Phi) is 7.77. The third-order valence-electron chi connectivity index (χ3n) is 7.45. The predicted molar refractivity (Wildman–Crippen MR) is 172 cm³/mol. The van der Waals surface area contributed by atoms with Gasteiger partial charge in [0.1, 0.15) is 12.4 Å². The van der Waals surface area contributed by atoms with Gasteiger partial charge in [0.05, 0.1) is 16.4 Å². The third-order valence-corrected chi connectivity index (χ3v) is 9.40. The molecule has 1 amide bonds. The van der Waals surface area contributed by atoms with E-state index in [0.29, 0.717) is 33.8 Å². The molecule has 5 aromatic rings. The van der Waals surface area contributed by atoms with E-state index in [-0.39, 0.29) is 6.54 Å². The van der Waals surface area contributed by atoms with Gasteiger partial charge in [0.2, 0.25) is 0 Å². The van der Waals surface area contributed by atoms with Gasteiger partial charge in [-0.3, -0.25) is 4.79 Å². The molecule has 0 bridgehead atoms. The summed E-state index contributed by atoms with van der Waals surface area (Å²) in [6.45, 7) is 4.12. The van der Waals surface area contributed by atoms with Crippen LogP contribution in [0.5, 0.6) is 0 Å². The van der Waals surface area contributed by atoms with E-state index in [9.17, 15) is 13.2 Å². The molecule has 10 heteroatoms. The Bertz CT molecular complexity index is 1920. The zero-order valence-electron chi connectivity index (χ0n) is 23.5. The van der Waals surface area contributed by atoms with Gasteiger partial charge in [-0.2, -0.15) is 8.42 Å². The molecule has 218 valence electrons. The number of halogens is 2. The van der Waals surface area contributed by atoms with Gasteiger partial charge < -0.3 is 4.57 Å². The highest BCUT2D eigenvalue weighted by Gasteiger charge is 2.33. The molecule has 43 heavy (non-hydrogen) atoms. The Morgan fingerprint density at radius 2 is 1.49 bits per heavy atom. The van der Waals surface area contributed by atoms with Crippen molar-refractivity contribution in [3.63, 3.8) is 0 Å². The summed E-state index contributed by atoms with van der Waals surface area (Å²) >= 11 is 12.7. The summed E-state index contributed by atoms with van der Waals surface area (Å²) in [5.74, 6) is 0.691. The molecule has 1 aromatic heterocycles. The number of carbonyl (C=O) groups excluding carboxylic acids is 1. The molecule has 1 aliphatic heterocycles. The van der Waals surface area contributed by atoms with Crippen molar-refractivity contribution in [2.24, 2.45) is 0 Å². The second-order valence-corrected chi connectivity index (χ2v) is 13.2. The number of carbonyl (C=O) groups is 1. The molecule has 1 saturated heterocycles. The van der Waals surface area contributed by atoms with Crippen LogP contribution in [-0.4, -0.2) is 30.4 Å². The average Bonchev–Trinajstić information content (AvgIpc) is 3.52. The van der Waals surface area contributed by atoms with Gasteiger partial charge in [0, 0.05) is 28.9 Å². The average molecular weight is 632 g/mol. The molecule has 4 aromatic carbocycles. The van der Waals surface area contributed by atoms with Crippen LogP contribution >= 0.6 is 23.2 Å². The Labute approximate surface area is 260 Å². The molecule has 0 aliphatic carbocycles. The normalized spacial score (nSPS) is 14.3. The number of rotatable bonds is 7. The first kappa shape index (κ1) is 29.0. The number of hydrogen-bond donors (Lipinski definition) is 1. The van der Waals surface area contributed by atoms with Crippen molar-refractivity contribution >= 4 is 45.0 Å². The fourth-order valence-electron chi connectivity index (χ4n) is 5.11. The Balaban J connectivity index is 1.33. The number of anilines is 1. The van der Waals surface area contributed by atoms with Gasteiger partial charge in [-0.1, -0.05) is 85.6 Å². The molecule has 1 fully saturated rings. The van der Waals surface area contributed by atoms with E-state index < -0.39 is 16.1 Å². The lowest BCUT2D eigenvalue weighted by Crippen LogP contribution is -2.29. The second-order valence-electron chi connectivity index (χ2n) is 10.7. The highest BCUT2D eigenvalue weighted by molar-refractivity contribution is 7.92. The number of hydrogen-bond acceptors (Lipinski definition) is 4. The van der Waals surface area contributed by atoms with Gasteiger partial charge in [0.25, 0.3) is 5.91 Å². The molecule has 0 unspecified atom stereocenters. The van der Waals surface area contributed by atoms with Crippen molar-refractivity contribution < 1.29 is 13.2 Å². The molecule has 0 atom stereocenters. The summed E-state index contributed by atoms with van der Waals surface area (Å²) in [7, 11) is -3.90. The lowest BCUT2D eigenvalue weighted by atomic mass is 9.98. The maximum Gasteiger partial charge on any atom is 0.326 e. The van der Waals surface area contributed by atoms with E-state index in [1.54, 1.807) is 36.4 Å². The zero-order chi connectivity index (χ0) is 30.3. The molecule has 0 spiro atoms. The van der Waals surface area contributed by atoms with Gasteiger partial charge in [0.15, 0.2) is 0 Å². The number of aromatic nitrogens is 2. The Morgan fingerprint density at radius 3 is 2.07 bits per heavy atom. The van der Waals surface area contributed by atoms with E-state index in [1.165, 1.54) is 5.56 Å². The maximum atomic E-state index is 12.3. The van der Waals surface area contributed by atoms with E-state index >= 15 is 0 Å². The van der Waals surface area contributed by atoms with Gasteiger partial charge in [-0.25, -0.2) is 14.0 Å². The Hall–Kier alpha value is -4.11. The minimum absolute atomic E-state index is 0.255. The van der Waals surface area contributed by atoms with Crippen LogP contribution in [-0.2, 0) is 21.4 Å². The molecular weight excluding hydrogens is 603 g/mol. The van der Waals surface area contributed by atoms with Crippen molar-refractivity contribution in [2.75, 3.05) is 10.8 Å². The largest absolute Gasteiger partial charge is 0.326 e. The van der Waals surface area contributed by atoms with E-state index in [4.69, 9.17) is 28.2 Å². The lowest BCUT2D eigenvalue weighted by Gasteiger charge is -2.15. The van der Waals surface area contributed by atoms with Gasteiger partial charge in [-0.15, -0.1) is 0 Å². The summed E-state index contributed by atoms with van der Waals surface area (Å²) in [6.07, 6.45) is 2.44. The summed E-state index contributed by atoms with van der Waals surface area (Å²) in [5.41, 5.74) is 7.28. The summed E-state index contributed by atoms with van der Waals surface area (Å²) in [5, 5.41) is 1.02. The van der Waals surface area contributed by atoms with Crippen LogP contribution in [0.4, 0.5) is 5.69 Å². The molecule has 0 saturated carbocycles. The van der Waals surface area contributed by atoms with Crippen molar-refractivity contribution in [1.82, 2.24) is 14.3 Å². The molecule has 2 heterocycles. The fourth-order valence-corrected chi connectivity index (χ4v) is 6.76. The second kappa shape index (κ2) is 11.5. The monoisotopic (exact) mass is 630 g/mol. The summed E-state index contributed by atoms with van der Waals surface area (Å²) < 4.78 is 29.6. The van der Waals surface area contributed by atoms with Crippen LogP contribution in [0.2, 0.25) is 10.0 Å². The van der Waals surface area contributed by atoms with Crippen molar-refractivity contribution in [2.45, 2.75) is 26.2 Å². The highest BCUT2D eigenvalue weighted by atomic mass is 35.5. The smallest absolute Gasteiger partial charge is 0.303 e. The molecule has 1 N–H and O–H groups in total. The van der Waals surface area contributed by atoms with E-state index in [0.717, 1.165) is 38.1 Å². The zero-order valence-corrected chi connectivity index (χ0v) is 25.8. The van der Waals surface area contributed by atoms with Crippen molar-refractivity contribution in [3.8, 4) is 28.1 Å². The van der Waals surface area contributed by atoms with Crippen LogP contribution < -0.4 is 9.03 Å². The van der Waals surface area contributed by atoms with Crippen LogP contribution in [0.1, 0.15) is 36.7 Å². The minimum Gasteiger partial charge on any atom is -0.303 e. The van der Waals surface area contributed by atoms with Gasteiger partial charge >= 0.3 is 10.2 Å². The minimum atomic E-state index is -3.90. The van der Waals surface area contributed by atoms with Crippen LogP contribution in [0.3, 0.4) is 0 Å². The van der Waals surface area contributed by atoms with Crippen LogP contribution in [0, 0.1) is 0 Å². The summed E-state index contributed by atoms with van der Waals surface area (Å²) in [6, 6.07) is 29.3. The molecule has 0 radical (unpaired) electrons. The molecular formula is C33H28Cl2N4O3S. The lowest BCUT2D eigenvalue weighted by molar-refractivity contribution is -0.117. The number of amides is 1. The fraction of sp³-hybridized carbons (Fsp3) is 0.152. The van der Waals surface area contributed by atoms with E-state index in [1.807, 2.05) is 21.6 Å². The SMILES string of the molecule is CC(C)c1ccc(-c2ccc(Cc3nc(-c4ccc(Cl)cc4Cl)cn3-c3ccc(N4CC(=O)NS4(=O)=O)cc3)cc2)cc1. The molecule has 1 aliphatic rings. The first-order chi connectivity index (χ1) is 20.6. The van der Waals surface area contributed by atoms with Crippen molar-refractivity contribution in [1.29, 1.82) is 0 Å². The molecule has 7 nitrogen and oxygen atoms in total. The van der Waals surface area contributed by atoms with Crippen LogP contribution in [0.15, 0.2) is 97.2 Å². The van der Waals surface area contributed by atoms with Gasteiger partial charge in [-0.05, 0) is 70.6 Å². The van der Waals surface area contributed by atoms with Crippen LogP contribution in [0.25, 0.3) is 28.1 Å². The predicted octanol–water partition coefficient (Wildman–Crippen LogP) is 7.41. The number of benzene rings is 4. The number of nitrogens with one attached hydrogen (secondary N) is 1. The summed E-state index contributed by atoms with van der Waals surface area (Å²) in [4.78, 5) is 16.7. The maximum absolute atomic E-state index is 12.3. The van der Waals surface area contributed by atoms with E-state index in [2.05, 4.69) is 62.4 Å². The highest BCUT2D eigenvalue weighted by Crippen LogP contribution is 2.32. The quantitative estimate of drug-likeness (QED) is 0.203. The topological polar surface area (TPSA) is 84.3 Å². The van der Waals surface area contributed by atoms with Crippen molar-refractivity contribution in [3.05, 3.63) is 124 Å². The first-order valence-electron chi connectivity index (χ1n) is 13.7. The Morgan fingerprint density at radius 1 is 0.860 bits per heavy atom.